The largest absolute Gasteiger partial charge is 0.392 e. The summed E-state index contributed by atoms with van der Waals surface area (Å²) in [6.07, 6.45) is 0.588. The molecule has 0 aliphatic heterocycles. The normalized spacial score (nSPS) is 13.5. The zero-order chi connectivity index (χ0) is 9.68. The second-order valence-corrected chi connectivity index (χ2v) is 3.96. The third-order valence-corrected chi connectivity index (χ3v) is 2.54. The number of hydrogen-bond acceptors (Lipinski definition) is 4. The molecular formula is C9H16N2OS. The van der Waals surface area contributed by atoms with E-state index in [2.05, 4.69) is 9.88 Å². The molecule has 0 aliphatic rings. The van der Waals surface area contributed by atoms with Gasteiger partial charge in [0.25, 0.3) is 0 Å². The zero-order valence-corrected chi connectivity index (χ0v) is 8.92. The third kappa shape index (κ3) is 3.85. The van der Waals surface area contributed by atoms with Crippen LogP contribution in [0, 0.1) is 0 Å². The molecular weight excluding hydrogens is 184 g/mol. The minimum absolute atomic E-state index is 0.219. The van der Waals surface area contributed by atoms with E-state index >= 15 is 0 Å². The van der Waals surface area contributed by atoms with E-state index in [0.717, 1.165) is 18.7 Å². The molecule has 0 amide bonds. The predicted octanol–water partition coefficient (Wildman–Crippen LogP) is 1.35. The minimum Gasteiger partial charge on any atom is -0.392 e. The van der Waals surface area contributed by atoms with Crippen LogP contribution < -0.4 is 0 Å². The molecule has 0 aromatic carbocycles. The van der Waals surface area contributed by atoms with Crippen LogP contribution in [0.25, 0.3) is 0 Å². The number of aliphatic hydroxyl groups excluding tert-OH is 1. The number of rotatable bonds is 5. The molecule has 3 nitrogen and oxygen atoms in total. The molecule has 1 aromatic rings. The van der Waals surface area contributed by atoms with Crippen molar-refractivity contribution < 1.29 is 5.11 Å². The summed E-state index contributed by atoms with van der Waals surface area (Å²) in [7, 11) is 2.00. The molecule has 0 spiro atoms. The van der Waals surface area contributed by atoms with Crippen LogP contribution in [0.3, 0.4) is 0 Å². The van der Waals surface area contributed by atoms with E-state index in [-0.39, 0.29) is 6.10 Å². The van der Waals surface area contributed by atoms with Crippen molar-refractivity contribution >= 4 is 11.3 Å². The van der Waals surface area contributed by atoms with E-state index in [4.69, 9.17) is 0 Å². The van der Waals surface area contributed by atoms with Crippen LogP contribution in [-0.4, -0.2) is 34.7 Å². The van der Waals surface area contributed by atoms with Gasteiger partial charge in [-0.2, -0.15) is 0 Å². The average Bonchev–Trinajstić information content (AvgIpc) is 2.56. The van der Waals surface area contributed by atoms with Gasteiger partial charge in [-0.1, -0.05) is 6.92 Å². The molecule has 1 rings (SSSR count). The summed E-state index contributed by atoms with van der Waals surface area (Å²) in [5, 5.41) is 11.4. The molecule has 4 heteroatoms. The van der Waals surface area contributed by atoms with E-state index in [1.807, 2.05) is 24.9 Å². The number of nitrogens with zero attached hydrogens (tertiary/aromatic N) is 2. The minimum atomic E-state index is -0.219. The van der Waals surface area contributed by atoms with Crippen molar-refractivity contribution in [1.82, 2.24) is 9.88 Å². The topological polar surface area (TPSA) is 36.4 Å². The molecule has 74 valence electrons. The van der Waals surface area contributed by atoms with Crippen LogP contribution in [0.15, 0.2) is 10.9 Å². The van der Waals surface area contributed by atoms with Crippen molar-refractivity contribution in [3.05, 3.63) is 16.6 Å². The van der Waals surface area contributed by atoms with Gasteiger partial charge in [-0.25, -0.2) is 4.98 Å². The van der Waals surface area contributed by atoms with Gasteiger partial charge in [-0.3, -0.25) is 4.90 Å². The van der Waals surface area contributed by atoms with Crippen LogP contribution in [0.5, 0.6) is 0 Å². The standard InChI is InChI=1S/C9H16N2OS/c1-3-9(12)5-11(2)4-8-6-13-7-10-8/h6-7,9,12H,3-5H2,1-2H3. The summed E-state index contributed by atoms with van der Waals surface area (Å²) in [5.74, 6) is 0. The molecule has 1 N–H and O–H groups in total. The molecule has 0 aliphatic carbocycles. The van der Waals surface area contributed by atoms with Crippen LogP contribution in [0.4, 0.5) is 0 Å². The lowest BCUT2D eigenvalue weighted by molar-refractivity contribution is 0.119. The van der Waals surface area contributed by atoms with E-state index in [0.29, 0.717) is 6.54 Å². The third-order valence-electron chi connectivity index (χ3n) is 1.91. The summed E-state index contributed by atoms with van der Waals surface area (Å²) in [6, 6.07) is 0. The Balaban J connectivity index is 2.29. The van der Waals surface area contributed by atoms with Crippen molar-refractivity contribution in [1.29, 1.82) is 0 Å². The van der Waals surface area contributed by atoms with Gasteiger partial charge < -0.3 is 5.11 Å². The van der Waals surface area contributed by atoms with Gasteiger partial charge in [-0.05, 0) is 13.5 Å². The van der Waals surface area contributed by atoms with Crippen LogP contribution >= 0.6 is 11.3 Å². The Morgan fingerprint density at radius 2 is 2.46 bits per heavy atom. The lowest BCUT2D eigenvalue weighted by atomic mass is 10.2. The Morgan fingerprint density at radius 3 is 3.00 bits per heavy atom. The van der Waals surface area contributed by atoms with Crippen molar-refractivity contribution in [2.75, 3.05) is 13.6 Å². The maximum absolute atomic E-state index is 9.40. The van der Waals surface area contributed by atoms with Crippen molar-refractivity contribution in [3.8, 4) is 0 Å². The highest BCUT2D eigenvalue weighted by atomic mass is 32.1. The number of aromatic nitrogens is 1. The molecule has 1 atom stereocenters. The highest BCUT2D eigenvalue weighted by molar-refractivity contribution is 7.07. The Morgan fingerprint density at radius 1 is 1.69 bits per heavy atom. The smallest absolute Gasteiger partial charge is 0.0795 e. The van der Waals surface area contributed by atoms with E-state index in [9.17, 15) is 5.11 Å². The van der Waals surface area contributed by atoms with Gasteiger partial charge in [0.15, 0.2) is 0 Å². The molecule has 1 heterocycles. The van der Waals surface area contributed by atoms with Crippen LogP contribution in [0.1, 0.15) is 19.0 Å². The maximum Gasteiger partial charge on any atom is 0.0795 e. The molecule has 0 bridgehead atoms. The van der Waals surface area contributed by atoms with E-state index < -0.39 is 0 Å². The van der Waals surface area contributed by atoms with Crippen LogP contribution in [0.2, 0.25) is 0 Å². The first-order valence-corrected chi connectivity index (χ1v) is 5.40. The number of likely N-dealkylation sites (N-methyl/N-ethyl adjacent to an activating group) is 1. The average molecular weight is 200 g/mol. The molecule has 1 unspecified atom stereocenters. The number of aliphatic hydroxyl groups is 1. The summed E-state index contributed by atoms with van der Waals surface area (Å²) >= 11 is 1.61. The molecule has 0 radical (unpaired) electrons. The lowest BCUT2D eigenvalue weighted by Crippen LogP contribution is -2.28. The molecule has 0 saturated carbocycles. The van der Waals surface area contributed by atoms with Crippen molar-refractivity contribution in [2.45, 2.75) is 26.0 Å². The molecule has 13 heavy (non-hydrogen) atoms. The highest BCUT2D eigenvalue weighted by Crippen LogP contribution is 2.04. The summed E-state index contributed by atoms with van der Waals surface area (Å²) in [6.45, 7) is 3.52. The fourth-order valence-electron chi connectivity index (χ4n) is 1.15. The second-order valence-electron chi connectivity index (χ2n) is 3.24. The van der Waals surface area contributed by atoms with E-state index in [1.165, 1.54) is 0 Å². The molecule has 1 aromatic heterocycles. The summed E-state index contributed by atoms with van der Waals surface area (Å²) in [5.41, 5.74) is 2.91. The van der Waals surface area contributed by atoms with Gasteiger partial charge in [-0.15, -0.1) is 11.3 Å². The SMILES string of the molecule is CCC(O)CN(C)Cc1cscn1. The van der Waals surface area contributed by atoms with Gasteiger partial charge in [0.05, 0.1) is 17.3 Å². The van der Waals surface area contributed by atoms with Gasteiger partial charge >= 0.3 is 0 Å². The maximum atomic E-state index is 9.40. The first kappa shape index (κ1) is 10.6. The van der Waals surface area contributed by atoms with Gasteiger partial charge in [0, 0.05) is 18.5 Å². The lowest BCUT2D eigenvalue weighted by Gasteiger charge is -2.18. The van der Waals surface area contributed by atoms with Crippen molar-refractivity contribution in [2.24, 2.45) is 0 Å². The van der Waals surface area contributed by atoms with Gasteiger partial charge in [0.1, 0.15) is 0 Å². The quantitative estimate of drug-likeness (QED) is 0.779. The number of hydrogen-bond donors (Lipinski definition) is 1. The fourth-order valence-corrected chi connectivity index (χ4v) is 1.70. The van der Waals surface area contributed by atoms with E-state index in [1.54, 1.807) is 11.3 Å². The first-order chi connectivity index (χ1) is 6.22. The fraction of sp³-hybridized carbons (Fsp3) is 0.667. The monoisotopic (exact) mass is 200 g/mol. The van der Waals surface area contributed by atoms with Gasteiger partial charge in [0.2, 0.25) is 0 Å². The Bertz CT molecular complexity index is 226. The second kappa shape index (κ2) is 5.32. The Kier molecular flexibility index (Phi) is 4.35. The zero-order valence-electron chi connectivity index (χ0n) is 8.10. The summed E-state index contributed by atoms with van der Waals surface area (Å²) in [4.78, 5) is 6.27. The number of thiazole rings is 1. The first-order valence-electron chi connectivity index (χ1n) is 4.46. The predicted molar refractivity (Wildman–Crippen MR) is 54.7 cm³/mol. The molecule has 0 saturated heterocycles. The Hall–Kier alpha value is -0.450. The summed E-state index contributed by atoms with van der Waals surface area (Å²) < 4.78 is 0. The van der Waals surface area contributed by atoms with Crippen molar-refractivity contribution in [3.63, 3.8) is 0 Å². The molecule has 0 fully saturated rings. The highest BCUT2D eigenvalue weighted by Gasteiger charge is 2.06. The Labute approximate surface area is 83.0 Å². The van der Waals surface area contributed by atoms with Crippen LogP contribution in [-0.2, 0) is 6.54 Å².